The summed E-state index contributed by atoms with van der Waals surface area (Å²) in [6.07, 6.45) is 1.24. The standard InChI is InChI=1S/C11H23NO4/c1-4-11(15,5-2)9-12(6-7-16-3)8-10(13)14/h15H,4-9H2,1-3H3,(H,13,14). The Balaban J connectivity index is 4.32. The van der Waals surface area contributed by atoms with Crippen LogP contribution < -0.4 is 0 Å². The van der Waals surface area contributed by atoms with Crippen molar-refractivity contribution in [2.45, 2.75) is 32.3 Å². The maximum Gasteiger partial charge on any atom is 0.317 e. The summed E-state index contributed by atoms with van der Waals surface area (Å²) in [6.45, 7) is 5.10. The molecule has 0 heterocycles. The molecule has 0 saturated carbocycles. The molecule has 0 aliphatic rings. The molecular formula is C11H23NO4. The van der Waals surface area contributed by atoms with E-state index in [1.165, 1.54) is 0 Å². The van der Waals surface area contributed by atoms with Crippen LogP contribution in [-0.4, -0.2) is 60.0 Å². The number of hydrogen-bond donors (Lipinski definition) is 2. The second kappa shape index (κ2) is 7.60. The van der Waals surface area contributed by atoms with Gasteiger partial charge in [0.15, 0.2) is 0 Å². The van der Waals surface area contributed by atoms with Crippen LogP contribution in [0.3, 0.4) is 0 Å². The minimum Gasteiger partial charge on any atom is -0.480 e. The summed E-state index contributed by atoms with van der Waals surface area (Å²) in [6, 6.07) is 0. The molecule has 0 aliphatic heterocycles. The molecule has 0 rings (SSSR count). The third kappa shape index (κ3) is 6.05. The van der Waals surface area contributed by atoms with Crippen LogP contribution in [0.15, 0.2) is 0 Å². The molecule has 5 nitrogen and oxygen atoms in total. The summed E-state index contributed by atoms with van der Waals surface area (Å²) in [5, 5.41) is 18.9. The van der Waals surface area contributed by atoms with Gasteiger partial charge in [-0.3, -0.25) is 9.69 Å². The van der Waals surface area contributed by atoms with Crippen LogP contribution in [0.5, 0.6) is 0 Å². The minimum atomic E-state index is -0.884. The van der Waals surface area contributed by atoms with Crippen molar-refractivity contribution in [1.29, 1.82) is 0 Å². The highest BCUT2D eigenvalue weighted by Gasteiger charge is 2.26. The zero-order valence-electron chi connectivity index (χ0n) is 10.4. The first-order chi connectivity index (χ1) is 7.47. The second-order valence-electron chi connectivity index (χ2n) is 4.03. The van der Waals surface area contributed by atoms with Gasteiger partial charge < -0.3 is 14.9 Å². The van der Waals surface area contributed by atoms with E-state index in [4.69, 9.17) is 9.84 Å². The van der Waals surface area contributed by atoms with Crippen LogP contribution >= 0.6 is 0 Å². The molecule has 96 valence electrons. The molecule has 0 spiro atoms. The third-order valence-corrected chi connectivity index (χ3v) is 2.80. The van der Waals surface area contributed by atoms with E-state index in [2.05, 4.69) is 0 Å². The summed E-state index contributed by atoms with van der Waals surface area (Å²) in [5.41, 5.74) is -0.802. The van der Waals surface area contributed by atoms with E-state index < -0.39 is 11.6 Å². The van der Waals surface area contributed by atoms with Gasteiger partial charge in [-0.15, -0.1) is 0 Å². The Morgan fingerprint density at radius 3 is 2.31 bits per heavy atom. The molecule has 0 radical (unpaired) electrons. The quantitative estimate of drug-likeness (QED) is 0.609. The van der Waals surface area contributed by atoms with Gasteiger partial charge in [0.1, 0.15) is 0 Å². The zero-order chi connectivity index (χ0) is 12.6. The predicted octanol–water partition coefficient (Wildman–Crippen LogP) is 0.570. The Morgan fingerprint density at radius 2 is 1.94 bits per heavy atom. The van der Waals surface area contributed by atoms with Crippen molar-refractivity contribution in [2.75, 3.05) is 33.4 Å². The molecule has 0 saturated heterocycles. The van der Waals surface area contributed by atoms with Crippen LogP contribution in [0, 0.1) is 0 Å². The van der Waals surface area contributed by atoms with Crippen molar-refractivity contribution >= 4 is 5.97 Å². The lowest BCUT2D eigenvalue weighted by molar-refractivity contribution is -0.139. The second-order valence-corrected chi connectivity index (χ2v) is 4.03. The van der Waals surface area contributed by atoms with Gasteiger partial charge in [0.25, 0.3) is 0 Å². The predicted molar refractivity (Wildman–Crippen MR) is 61.5 cm³/mol. The maximum absolute atomic E-state index is 10.7. The average molecular weight is 233 g/mol. The number of ether oxygens (including phenoxy) is 1. The highest BCUT2D eigenvalue weighted by Crippen LogP contribution is 2.16. The molecule has 0 aliphatic carbocycles. The number of hydrogen-bond acceptors (Lipinski definition) is 4. The van der Waals surface area contributed by atoms with Gasteiger partial charge in [0.05, 0.1) is 18.8 Å². The van der Waals surface area contributed by atoms with Crippen molar-refractivity contribution in [3.05, 3.63) is 0 Å². The fourth-order valence-corrected chi connectivity index (χ4v) is 1.52. The number of rotatable bonds is 9. The molecule has 0 bridgehead atoms. The highest BCUT2D eigenvalue weighted by molar-refractivity contribution is 5.69. The molecule has 0 atom stereocenters. The SMILES string of the molecule is CCC(O)(CC)CN(CCOC)CC(=O)O. The van der Waals surface area contributed by atoms with Crippen LogP contribution in [0.4, 0.5) is 0 Å². The normalized spacial score (nSPS) is 12.1. The molecule has 0 aromatic carbocycles. The number of carboxylic acids is 1. The van der Waals surface area contributed by atoms with Gasteiger partial charge in [-0.25, -0.2) is 0 Å². The number of carbonyl (C=O) groups is 1. The lowest BCUT2D eigenvalue weighted by Gasteiger charge is -2.32. The highest BCUT2D eigenvalue weighted by atomic mass is 16.5. The van der Waals surface area contributed by atoms with Crippen molar-refractivity contribution in [2.24, 2.45) is 0 Å². The molecule has 0 fully saturated rings. The topological polar surface area (TPSA) is 70.0 Å². The van der Waals surface area contributed by atoms with Gasteiger partial charge in [-0.2, -0.15) is 0 Å². The first-order valence-electron chi connectivity index (χ1n) is 5.63. The smallest absolute Gasteiger partial charge is 0.317 e. The van der Waals surface area contributed by atoms with E-state index in [0.717, 1.165) is 0 Å². The van der Waals surface area contributed by atoms with Crippen LogP contribution in [0.25, 0.3) is 0 Å². The van der Waals surface area contributed by atoms with Crippen molar-refractivity contribution < 1.29 is 19.7 Å². The molecule has 5 heteroatoms. The van der Waals surface area contributed by atoms with E-state index >= 15 is 0 Å². The van der Waals surface area contributed by atoms with Crippen LogP contribution in [0.2, 0.25) is 0 Å². The van der Waals surface area contributed by atoms with E-state index in [9.17, 15) is 9.90 Å². The van der Waals surface area contributed by atoms with E-state index in [1.54, 1.807) is 12.0 Å². The number of aliphatic carboxylic acids is 1. The van der Waals surface area contributed by atoms with Crippen molar-refractivity contribution in [1.82, 2.24) is 4.90 Å². The monoisotopic (exact) mass is 233 g/mol. The Hall–Kier alpha value is -0.650. The van der Waals surface area contributed by atoms with Crippen LogP contribution in [-0.2, 0) is 9.53 Å². The van der Waals surface area contributed by atoms with Gasteiger partial charge in [-0.05, 0) is 12.8 Å². The fraction of sp³-hybridized carbons (Fsp3) is 0.909. The van der Waals surface area contributed by atoms with Gasteiger partial charge in [0.2, 0.25) is 0 Å². The molecule has 0 amide bonds. The number of nitrogens with zero attached hydrogens (tertiary/aromatic N) is 1. The Labute approximate surface area is 97.0 Å². The largest absolute Gasteiger partial charge is 0.480 e. The van der Waals surface area contributed by atoms with E-state index in [-0.39, 0.29) is 6.54 Å². The average Bonchev–Trinajstić information content (AvgIpc) is 2.25. The van der Waals surface area contributed by atoms with Crippen LogP contribution in [0.1, 0.15) is 26.7 Å². The Morgan fingerprint density at radius 1 is 1.38 bits per heavy atom. The number of carboxylic acid groups (broad SMARTS) is 1. The fourth-order valence-electron chi connectivity index (χ4n) is 1.52. The Kier molecular flexibility index (Phi) is 7.29. The summed E-state index contributed by atoms with van der Waals surface area (Å²) in [4.78, 5) is 12.4. The third-order valence-electron chi connectivity index (χ3n) is 2.80. The Bertz CT molecular complexity index is 204. The lowest BCUT2D eigenvalue weighted by atomic mass is 9.97. The molecule has 0 aromatic heterocycles. The lowest BCUT2D eigenvalue weighted by Crippen LogP contribution is -2.45. The van der Waals surface area contributed by atoms with Gasteiger partial charge in [-0.1, -0.05) is 13.8 Å². The van der Waals surface area contributed by atoms with Crippen molar-refractivity contribution in [3.8, 4) is 0 Å². The number of aliphatic hydroxyl groups is 1. The molecule has 0 aromatic rings. The molecule has 0 unspecified atom stereocenters. The molecule has 2 N–H and O–H groups in total. The van der Waals surface area contributed by atoms with Gasteiger partial charge in [0, 0.05) is 20.2 Å². The summed E-state index contributed by atoms with van der Waals surface area (Å²) in [7, 11) is 1.57. The molecular weight excluding hydrogens is 210 g/mol. The number of methoxy groups -OCH3 is 1. The summed E-state index contributed by atoms with van der Waals surface area (Å²) >= 11 is 0. The van der Waals surface area contributed by atoms with Crippen molar-refractivity contribution in [3.63, 3.8) is 0 Å². The summed E-state index contributed by atoms with van der Waals surface area (Å²) in [5.74, 6) is -0.884. The summed E-state index contributed by atoms with van der Waals surface area (Å²) < 4.78 is 4.92. The minimum absolute atomic E-state index is 0.0638. The molecule has 16 heavy (non-hydrogen) atoms. The first kappa shape index (κ1) is 15.3. The van der Waals surface area contributed by atoms with E-state index in [0.29, 0.717) is 32.5 Å². The maximum atomic E-state index is 10.7. The zero-order valence-corrected chi connectivity index (χ0v) is 10.4. The first-order valence-corrected chi connectivity index (χ1v) is 5.63. The van der Waals surface area contributed by atoms with Gasteiger partial charge >= 0.3 is 5.97 Å². The van der Waals surface area contributed by atoms with E-state index in [1.807, 2.05) is 13.8 Å².